The van der Waals surface area contributed by atoms with Crippen molar-refractivity contribution < 1.29 is 18.0 Å². The lowest BCUT2D eigenvalue weighted by molar-refractivity contribution is -0.137. The van der Waals surface area contributed by atoms with E-state index in [0.717, 1.165) is 0 Å². The fraction of sp³-hybridized carbons (Fsp3) is 0.125. The van der Waals surface area contributed by atoms with Crippen molar-refractivity contribution in [3.63, 3.8) is 0 Å². The first kappa shape index (κ1) is 10.2. The Labute approximate surface area is 76.8 Å². The van der Waals surface area contributed by atoms with Crippen molar-refractivity contribution >= 4 is 6.29 Å². The molecule has 0 radical (unpaired) electrons. The van der Waals surface area contributed by atoms with Crippen LogP contribution >= 0.6 is 0 Å². The van der Waals surface area contributed by atoms with E-state index in [-0.39, 0.29) is 6.29 Å². The number of hydrogen-bond acceptors (Lipinski definition) is 3. The van der Waals surface area contributed by atoms with Crippen LogP contribution in [-0.2, 0) is 6.18 Å². The smallest absolute Gasteiger partial charge is 0.296 e. The molecule has 1 heterocycles. The van der Waals surface area contributed by atoms with Crippen LogP contribution in [0.3, 0.4) is 0 Å². The minimum Gasteiger partial charge on any atom is -0.296 e. The number of pyridine rings is 1. The number of nitriles is 1. The first-order valence-electron chi connectivity index (χ1n) is 3.42. The van der Waals surface area contributed by atoms with E-state index in [1.165, 1.54) is 6.07 Å². The number of aromatic nitrogens is 1. The van der Waals surface area contributed by atoms with Gasteiger partial charge in [0.1, 0.15) is 17.5 Å². The molecular formula is C8H3F3N2O. The number of carbonyl (C=O) groups is 1. The van der Waals surface area contributed by atoms with E-state index in [0.29, 0.717) is 12.1 Å². The first-order valence-corrected chi connectivity index (χ1v) is 3.42. The Balaban J connectivity index is 3.33. The molecule has 0 fully saturated rings. The summed E-state index contributed by atoms with van der Waals surface area (Å²) in [5, 5.41) is 8.35. The van der Waals surface area contributed by atoms with Gasteiger partial charge in [-0.2, -0.15) is 18.4 Å². The molecule has 14 heavy (non-hydrogen) atoms. The summed E-state index contributed by atoms with van der Waals surface area (Å²) in [6.07, 6.45) is -4.41. The molecule has 0 aliphatic rings. The predicted molar refractivity (Wildman–Crippen MR) is 39.3 cm³/mol. The minimum absolute atomic E-state index is 0.163. The highest BCUT2D eigenvalue weighted by Crippen LogP contribution is 2.29. The number of halogens is 3. The van der Waals surface area contributed by atoms with Crippen molar-refractivity contribution in [2.45, 2.75) is 6.18 Å². The Kier molecular flexibility index (Phi) is 2.51. The molecule has 72 valence electrons. The Hall–Kier alpha value is -1.90. The molecule has 0 bridgehead atoms. The van der Waals surface area contributed by atoms with Crippen molar-refractivity contribution in [1.29, 1.82) is 5.26 Å². The zero-order valence-corrected chi connectivity index (χ0v) is 6.67. The summed E-state index contributed by atoms with van der Waals surface area (Å²) < 4.78 is 36.5. The van der Waals surface area contributed by atoms with Gasteiger partial charge in [0.25, 0.3) is 0 Å². The van der Waals surface area contributed by atoms with Crippen LogP contribution in [-0.4, -0.2) is 11.3 Å². The van der Waals surface area contributed by atoms with E-state index in [1.54, 1.807) is 0 Å². The van der Waals surface area contributed by atoms with Crippen molar-refractivity contribution in [3.8, 4) is 6.07 Å². The monoisotopic (exact) mass is 200 g/mol. The van der Waals surface area contributed by atoms with E-state index < -0.39 is 23.1 Å². The Morgan fingerprint density at radius 3 is 2.50 bits per heavy atom. The molecule has 0 unspecified atom stereocenters. The van der Waals surface area contributed by atoms with Gasteiger partial charge in [-0.05, 0) is 12.1 Å². The number of carbonyl (C=O) groups excluding carboxylic acids is 1. The molecule has 1 aromatic heterocycles. The molecule has 0 saturated heterocycles. The Morgan fingerprint density at radius 1 is 1.43 bits per heavy atom. The summed E-state index contributed by atoms with van der Waals surface area (Å²) >= 11 is 0. The third-order valence-corrected chi connectivity index (χ3v) is 1.41. The topological polar surface area (TPSA) is 53.8 Å². The lowest BCUT2D eigenvalue weighted by atomic mass is 10.2. The van der Waals surface area contributed by atoms with Gasteiger partial charge in [-0.15, -0.1) is 0 Å². The van der Waals surface area contributed by atoms with Gasteiger partial charge in [0, 0.05) is 0 Å². The largest absolute Gasteiger partial charge is 0.416 e. The van der Waals surface area contributed by atoms with Crippen LogP contribution in [0.1, 0.15) is 21.7 Å². The number of rotatable bonds is 1. The van der Waals surface area contributed by atoms with Gasteiger partial charge in [-0.25, -0.2) is 4.98 Å². The van der Waals surface area contributed by atoms with Crippen LogP contribution in [0, 0.1) is 11.3 Å². The number of nitrogens with zero attached hydrogens (tertiary/aromatic N) is 2. The summed E-state index contributed by atoms with van der Waals surface area (Å²) in [5.74, 6) is 0. The van der Waals surface area contributed by atoms with E-state index >= 15 is 0 Å². The molecule has 1 aromatic rings. The normalized spacial score (nSPS) is 10.7. The second-order valence-electron chi connectivity index (χ2n) is 2.39. The standard InChI is InChI=1S/C8H3F3N2O/c9-8(10,11)5-1-6(3-12)13-7(2-5)4-14/h1-2,4H. The molecule has 0 N–H and O–H groups in total. The van der Waals surface area contributed by atoms with E-state index in [1.807, 2.05) is 0 Å². The number of alkyl halides is 3. The molecule has 0 spiro atoms. The lowest BCUT2D eigenvalue weighted by Crippen LogP contribution is -2.07. The molecule has 0 aliphatic carbocycles. The van der Waals surface area contributed by atoms with Crippen molar-refractivity contribution in [2.75, 3.05) is 0 Å². The van der Waals surface area contributed by atoms with Crippen LogP contribution in [0.15, 0.2) is 12.1 Å². The van der Waals surface area contributed by atoms with E-state index in [9.17, 15) is 18.0 Å². The van der Waals surface area contributed by atoms with Gasteiger partial charge >= 0.3 is 6.18 Å². The SMILES string of the molecule is N#Cc1cc(C(F)(F)F)cc(C=O)n1. The maximum atomic E-state index is 12.2. The Bertz CT molecular complexity index is 406. The van der Waals surface area contributed by atoms with Gasteiger partial charge < -0.3 is 0 Å². The van der Waals surface area contributed by atoms with Gasteiger partial charge in [-0.3, -0.25) is 4.79 Å². The number of hydrogen-bond donors (Lipinski definition) is 0. The molecule has 3 nitrogen and oxygen atoms in total. The maximum Gasteiger partial charge on any atom is 0.416 e. The Morgan fingerprint density at radius 2 is 2.07 bits per heavy atom. The van der Waals surface area contributed by atoms with Gasteiger partial charge in [0.2, 0.25) is 0 Å². The molecule has 0 atom stereocenters. The molecule has 6 heteroatoms. The first-order chi connectivity index (χ1) is 6.47. The van der Waals surface area contributed by atoms with Gasteiger partial charge in [0.05, 0.1) is 5.56 Å². The fourth-order valence-corrected chi connectivity index (χ4v) is 0.833. The molecule has 0 aliphatic heterocycles. The predicted octanol–water partition coefficient (Wildman–Crippen LogP) is 1.78. The van der Waals surface area contributed by atoms with E-state index in [4.69, 9.17) is 5.26 Å². The highest BCUT2D eigenvalue weighted by atomic mass is 19.4. The molecule has 0 aromatic carbocycles. The van der Waals surface area contributed by atoms with Gasteiger partial charge in [-0.1, -0.05) is 0 Å². The molecule has 0 amide bonds. The zero-order valence-electron chi connectivity index (χ0n) is 6.67. The van der Waals surface area contributed by atoms with Crippen LogP contribution in [0.5, 0.6) is 0 Å². The minimum atomic E-state index is -4.58. The average Bonchev–Trinajstić information content (AvgIpc) is 2.15. The van der Waals surface area contributed by atoms with Crippen LogP contribution in [0.2, 0.25) is 0 Å². The zero-order chi connectivity index (χ0) is 10.8. The average molecular weight is 200 g/mol. The quantitative estimate of drug-likeness (QED) is 0.649. The lowest BCUT2D eigenvalue weighted by Gasteiger charge is -2.06. The van der Waals surface area contributed by atoms with Gasteiger partial charge in [0.15, 0.2) is 6.29 Å². The third-order valence-electron chi connectivity index (χ3n) is 1.41. The van der Waals surface area contributed by atoms with Crippen molar-refractivity contribution in [1.82, 2.24) is 4.98 Å². The second kappa shape index (κ2) is 3.46. The summed E-state index contributed by atoms with van der Waals surface area (Å²) in [4.78, 5) is 13.6. The second-order valence-corrected chi connectivity index (χ2v) is 2.39. The van der Waals surface area contributed by atoms with Crippen molar-refractivity contribution in [2.24, 2.45) is 0 Å². The summed E-state index contributed by atoms with van der Waals surface area (Å²) in [6.45, 7) is 0. The van der Waals surface area contributed by atoms with Crippen LogP contribution in [0.4, 0.5) is 13.2 Å². The van der Waals surface area contributed by atoms with Crippen LogP contribution < -0.4 is 0 Å². The molecular weight excluding hydrogens is 197 g/mol. The molecule has 0 saturated carbocycles. The van der Waals surface area contributed by atoms with Crippen LogP contribution in [0.25, 0.3) is 0 Å². The summed E-state index contributed by atoms with van der Waals surface area (Å²) in [5.41, 5.74) is -1.88. The maximum absolute atomic E-state index is 12.2. The molecule has 1 rings (SSSR count). The van der Waals surface area contributed by atoms with Crippen molar-refractivity contribution in [3.05, 3.63) is 29.1 Å². The summed E-state index contributed by atoms with van der Waals surface area (Å²) in [6, 6.07) is 2.63. The highest BCUT2D eigenvalue weighted by Gasteiger charge is 2.31. The third kappa shape index (κ3) is 2.07. The summed E-state index contributed by atoms with van der Waals surface area (Å²) in [7, 11) is 0. The fourth-order valence-electron chi connectivity index (χ4n) is 0.833. The number of aldehydes is 1. The van der Waals surface area contributed by atoms with E-state index in [2.05, 4.69) is 4.98 Å². The highest BCUT2D eigenvalue weighted by molar-refractivity contribution is 5.72.